The number of carbonyl (C=O) groups is 1. The lowest BCUT2D eigenvalue weighted by Crippen LogP contribution is -2.60. The topological polar surface area (TPSA) is 240 Å². The second-order valence-corrected chi connectivity index (χ2v) is 30.4. The van der Waals surface area contributed by atoms with Crippen molar-refractivity contribution >= 4 is 108 Å². The van der Waals surface area contributed by atoms with Crippen molar-refractivity contribution in [3.63, 3.8) is 0 Å². The lowest BCUT2D eigenvalue weighted by atomic mass is 9.80. The van der Waals surface area contributed by atoms with Gasteiger partial charge in [-0.05, 0) is 148 Å². The molecule has 5 N–H and O–H groups in total. The summed E-state index contributed by atoms with van der Waals surface area (Å²) in [5.41, 5.74) is 12.3. The van der Waals surface area contributed by atoms with Crippen LogP contribution >= 0.6 is 11.6 Å². The van der Waals surface area contributed by atoms with Crippen molar-refractivity contribution in [2.24, 2.45) is 0 Å². The molecular formula is C64H83ClN12O8S3. The SMILES string of the molecule is CC(=O)NC1CCC(c2cc(Cl)cc3[nH]ccc23)CC1.CCc1cc(N2CCN(S(C)(=O)=O)C(C)(C)C2)c2cc[nH]c2c1.CCc1cc(N2CCN(S(C)(=O)=O)CC2)c2cc[nH]c2c1.CS(=O)(=O)N1CCN(c2cc(-c3ncco3)cc3[nH]ccc23)CC1. The van der Waals surface area contributed by atoms with Gasteiger partial charge in [0.1, 0.15) is 6.26 Å². The van der Waals surface area contributed by atoms with E-state index >= 15 is 0 Å². The molecule has 24 heteroatoms. The lowest BCUT2D eigenvalue weighted by Gasteiger charge is -2.46. The standard InChI is InChI=1S/C17H25N3O2S.C16H19ClN2O.C16H18N4O3S.C15H21N3O2S/c1-5-13-10-15-14(6-7-18-15)16(11-13)19-8-9-20(23(4,21)22)17(2,3)12-19;1-10(20)19-13-4-2-11(3-5-13)15-8-12(17)9-16-14(15)6-7-18-16;1-24(21,22)20-7-5-19(6-8-20)15-11-12(16-18-4-9-23-16)10-14-13(15)2-3-17-14;1-3-12-10-14-13(4-5-16-14)15(11-12)17-6-8-18(9-7-17)21(2,19)20/h6-7,10-11,18H,5,8-9,12H2,1-4H3;6-9,11,13,18H,2-5H2,1H3,(H,19,20);2-4,9-11,17H,5-8H2,1H3;4-5,10-11,16H,3,6-9H2,1-2H3. The zero-order valence-electron chi connectivity index (χ0n) is 51.6. The predicted molar refractivity (Wildman–Crippen MR) is 356 cm³/mol. The number of amides is 1. The summed E-state index contributed by atoms with van der Waals surface area (Å²) in [4.78, 5) is 35.2. The Labute approximate surface area is 522 Å². The second-order valence-electron chi connectivity index (χ2n) is 24.1. The molecule has 0 unspecified atom stereocenters. The van der Waals surface area contributed by atoms with Gasteiger partial charge in [-0.15, -0.1) is 0 Å². The maximum absolute atomic E-state index is 12.0. The molecule has 13 rings (SSSR count). The van der Waals surface area contributed by atoms with Gasteiger partial charge < -0.3 is 44.4 Å². The highest BCUT2D eigenvalue weighted by molar-refractivity contribution is 7.88. The summed E-state index contributed by atoms with van der Waals surface area (Å²) >= 11 is 6.22. The van der Waals surface area contributed by atoms with E-state index in [1.807, 2.05) is 56.8 Å². The first-order chi connectivity index (χ1) is 41.9. The number of fused-ring (bicyclic) bond motifs is 4. The van der Waals surface area contributed by atoms with Crippen molar-refractivity contribution in [1.29, 1.82) is 0 Å². The van der Waals surface area contributed by atoms with Crippen LogP contribution in [0.4, 0.5) is 17.1 Å². The molecule has 4 fully saturated rings. The van der Waals surface area contributed by atoms with E-state index in [0.29, 0.717) is 76.8 Å². The average molecular weight is 1280 g/mol. The van der Waals surface area contributed by atoms with Crippen molar-refractivity contribution < 1.29 is 34.5 Å². The summed E-state index contributed by atoms with van der Waals surface area (Å²) in [5.74, 6) is 1.18. The Hall–Kier alpha value is -6.86. The molecule has 9 aromatic rings. The fourth-order valence-electron chi connectivity index (χ4n) is 13.1. The van der Waals surface area contributed by atoms with E-state index in [0.717, 1.165) is 95.3 Å². The Morgan fingerprint density at radius 3 is 1.49 bits per heavy atom. The van der Waals surface area contributed by atoms with Crippen LogP contribution in [0, 0.1) is 0 Å². The van der Waals surface area contributed by atoms with Gasteiger partial charge in [-0.25, -0.2) is 30.2 Å². The number of anilines is 3. The van der Waals surface area contributed by atoms with Crippen LogP contribution in [0.2, 0.25) is 5.02 Å². The summed E-state index contributed by atoms with van der Waals surface area (Å²) in [6, 6.07) is 25.7. The first-order valence-electron chi connectivity index (χ1n) is 30.2. The van der Waals surface area contributed by atoms with Crippen LogP contribution in [0.1, 0.15) is 82.9 Å². The summed E-state index contributed by atoms with van der Waals surface area (Å²) in [7, 11) is -9.39. The van der Waals surface area contributed by atoms with Crippen molar-refractivity contribution in [2.45, 2.75) is 90.6 Å². The quantitative estimate of drug-likeness (QED) is 0.0813. The summed E-state index contributed by atoms with van der Waals surface area (Å²) in [5, 5.41) is 8.61. The van der Waals surface area contributed by atoms with E-state index in [1.165, 1.54) is 67.3 Å². The normalized spacial score (nSPS) is 19.0. The van der Waals surface area contributed by atoms with Gasteiger partial charge in [-0.3, -0.25) is 4.79 Å². The Balaban J connectivity index is 0.000000130. The van der Waals surface area contributed by atoms with Crippen LogP contribution < -0.4 is 20.0 Å². The highest BCUT2D eigenvalue weighted by Crippen LogP contribution is 2.39. The molecule has 0 radical (unpaired) electrons. The van der Waals surface area contributed by atoms with Crippen molar-refractivity contribution in [1.82, 2.24) is 43.2 Å². The molecule has 5 aromatic heterocycles. The van der Waals surface area contributed by atoms with Crippen LogP contribution in [-0.4, -0.2) is 171 Å². The third kappa shape index (κ3) is 14.9. The molecule has 0 bridgehead atoms. The van der Waals surface area contributed by atoms with Gasteiger partial charge in [-0.2, -0.15) is 12.9 Å². The fraction of sp³-hybridized carbons (Fsp3) is 0.438. The van der Waals surface area contributed by atoms with Crippen molar-refractivity contribution in [2.75, 3.05) is 105 Å². The number of carbonyl (C=O) groups excluding carboxylic acids is 1. The monoisotopic (exact) mass is 1280 g/mol. The van der Waals surface area contributed by atoms with E-state index in [-0.39, 0.29) is 5.91 Å². The number of hydrogen-bond acceptors (Lipinski definition) is 12. The number of H-pyrrole nitrogens is 4. The fourth-order valence-corrected chi connectivity index (χ4v) is 16.3. The van der Waals surface area contributed by atoms with E-state index in [1.54, 1.807) is 28.0 Å². The first kappa shape index (κ1) is 64.1. The van der Waals surface area contributed by atoms with E-state index in [9.17, 15) is 30.0 Å². The largest absolute Gasteiger partial charge is 0.445 e. The minimum absolute atomic E-state index is 0.0734. The Morgan fingerprint density at radius 1 is 0.591 bits per heavy atom. The predicted octanol–water partition coefficient (Wildman–Crippen LogP) is 10.3. The molecule has 20 nitrogen and oxygen atoms in total. The molecule has 3 aliphatic heterocycles. The number of oxazole rings is 1. The minimum atomic E-state index is -3.18. The number of aryl methyl sites for hydroxylation is 2. The third-order valence-electron chi connectivity index (χ3n) is 17.5. The Bertz CT molecular complexity index is 4230. The number of nitrogens with zero attached hydrogens (tertiary/aromatic N) is 7. The van der Waals surface area contributed by atoms with Crippen molar-refractivity contribution in [3.8, 4) is 11.5 Å². The van der Waals surface area contributed by atoms with Gasteiger partial charge in [0.05, 0.1) is 25.0 Å². The highest BCUT2D eigenvalue weighted by Gasteiger charge is 2.39. The van der Waals surface area contributed by atoms with Crippen LogP contribution in [0.3, 0.4) is 0 Å². The number of sulfonamides is 3. The maximum Gasteiger partial charge on any atom is 0.226 e. The number of hydrogen-bond donors (Lipinski definition) is 5. The van der Waals surface area contributed by atoms with Gasteiger partial charge in [-0.1, -0.05) is 25.4 Å². The Morgan fingerprint density at radius 2 is 1.05 bits per heavy atom. The van der Waals surface area contributed by atoms with Gasteiger partial charge in [0.15, 0.2) is 0 Å². The number of halogens is 1. The maximum atomic E-state index is 12.0. The molecular weight excluding hydrogens is 1200 g/mol. The zero-order chi connectivity index (χ0) is 62.7. The van der Waals surface area contributed by atoms with Gasteiger partial charge >= 0.3 is 0 Å². The molecule has 0 atom stereocenters. The Kier molecular flexibility index (Phi) is 19.5. The van der Waals surface area contributed by atoms with Crippen LogP contribution in [0.25, 0.3) is 55.1 Å². The summed E-state index contributed by atoms with van der Waals surface area (Å²) < 4.78 is 80.7. The first-order valence-corrected chi connectivity index (χ1v) is 36.2. The molecule has 472 valence electrons. The second kappa shape index (κ2) is 26.7. The van der Waals surface area contributed by atoms with E-state index in [4.69, 9.17) is 16.0 Å². The molecule has 3 saturated heterocycles. The molecule has 1 saturated carbocycles. The number of benzene rings is 4. The molecule has 8 heterocycles. The molecule has 1 aliphatic carbocycles. The van der Waals surface area contributed by atoms with Gasteiger partial charge in [0.25, 0.3) is 0 Å². The molecule has 4 aliphatic rings. The molecule has 1 amide bonds. The van der Waals surface area contributed by atoms with Gasteiger partial charge in [0.2, 0.25) is 41.9 Å². The number of rotatable bonds is 11. The zero-order valence-corrected chi connectivity index (χ0v) is 54.8. The minimum Gasteiger partial charge on any atom is -0.445 e. The molecule has 0 spiro atoms. The van der Waals surface area contributed by atoms with Gasteiger partial charge in [0, 0.05) is 187 Å². The van der Waals surface area contributed by atoms with Crippen molar-refractivity contribution in [3.05, 3.63) is 132 Å². The summed E-state index contributed by atoms with van der Waals surface area (Å²) in [6.45, 7) is 16.7. The van der Waals surface area contributed by atoms with Crippen LogP contribution in [0.5, 0.6) is 0 Å². The van der Waals surface area contributed by atoms with Crippen LogP contribution in [0.15, 0.2) is 114 Å². The van der Waals surface area contributed by atoms with Crippen LogP contribution in [-0.2, 0) is 47.7 Å². The third-order valence-corrected chi connectivity index (χ3v) is 21.8. The highest BCUT2D eigenvalue weighted by atomic mass is 35.5. The number of piperazine rings is 3. The van der Waals surface area contributed by atoms with E-state index in [2.05, 4.69) is 113 Å². The summed E-state index contributed by atoms with van der Waals surface area (Å²) in [6.07, 6.45) is 21.1. The van der Waals surface area contributed by atoms with E-state index < -0.39 is 35.6 Å². The lowest BCUT2D eigenvalue weighted by molar-refractivity contribution is -0.119. The average Bonchev–Trinajstić information content (AvgIpc) is 1.90. The number of aromatic nitrogens is 5. The number of nitrogens with one attached hydrogen (secondary N) is 5. The number of aromatic amines is 4. The smallest absolute Gasteiger partial charge is 0.226 e. The molecule has 4 aromatic carbocycles. The molecule has 88 heavy (non-hydrogen) atoms.